The van der Waals surface area contributed by atoms with Crippen LogP contribution in [-0.4, -0.2) is 13.0 Å². The maximum atomic E-state index is 11.4. The SMILES string of the molecule is CNc1ccc(C)cc1CNc1cccc(C2CCC(=O)N2)c1. The van der Waals surface area contributed by atoms with E-state index in [9.17, 15) is 4.79 Å². The highest BCUT2D eigenvalue weighted by atomic mass is 16.1. The van der Waals surface area contributed by atoms with Gasteiger partial charge in [0, 0.05) is 31.4 Å². The quantitative estimate of drug-likeness (QED) is 0.791. The van der Waals surface area contributed by atoms with Crippen LogP contribution in [0, 0.1) is 6.92 Å². The van der Waals surface area contributed by atoms with Gasteiger partial charge in [-0.3, -0.25) is 4.79 Å². The number of hydrogen-bond donors (Lipinski definition) is 3. The van der Waals surface area contributed by atoms with E-state index in [4.69, 9.17) is 0 Å². The Balaban J connectivity index is 1.71. The molecule has 1 unspecified atom stereocenters. The topological polar surface area (TPSA) is 53.2 Å². The Morgan fingerprint density at radius 1 is 1.22 bits per heavy atom. The van der Waals surface area contributed by atoms with Gasteiger partial charge in [0.1, 0.15) is 0 Å². The van der Waals surface area contributed by atoms with E-state index >= 15 is 0 Å². The zero-order valence-electron chi connectivity index (χ0n) is 13.6. The van der Waals surface area contributed by atoms with Gasteiger partial charge < -0.3 is 16.0 Å². The van der Waals surface area contributed by atoms with Crippen LogP contribution in [-0.2, 0) is 11.3 Å². The molecule has 3 rings (SSSR count). The van der Waals surface area contributed by atoms with E-state index in [1.165, 1.54) is 16.7 Å². The summed E-state index contributed by atoms with van der Waals surface area (Å²) in [5, 5.41) is 9.74. The first-order valence-corrected chi connectivity index (χ1v) is 8.06. The molecule has 0 radical (unpaired) electrons. The first kappa shape index (κ1) is 15.4. The Kier molecular flexibility index (Phi) is 4.51. The molecular formula is C19H23N3O. The normalized spacial score (nSPS) is 17.0. The van der Waals surface area contributed by atoms with Crippen LogP contribution < -0.4 is 16.0 Å². The zero-order valence-corrected chi connectivity index (χ0v) is 13.6. The first-order valence-electron chi connectivity index (χ1n) is 8.06. The van der Waals surface area contributed by atoms with Gasteiger partial charge >= 0.3 is 0 Å². The molecular weight excluding hydrogens is 286 g/mol. The zero-order chi connectivity index (χ0) is 16.2. The van der Waals surface area contributed by atoms with Crippen LogP contribution in [0.15, 0.2) is 42.5 Å². The molecule has 3 N–H and O–H groups in total. The van der Waals surface area contributed by atoms with Gasteiger partial charge in [0.15, 0.2) is 0 Å². The minimum absolute atomic E-state index is 0.145. The smallest absolute Gasteiger partial charge is 0.220 e. The van der Waals surface area contributed by atoms with Crippen molar-refractivity contribution in [3.63, 3.8) is 0 Å². The van der Waals surface area contributed by atoms with Crippen LogP contribution >= 0.6 is 0 Å². The Morgan fingerprint density at radius 2 is 2.09 bits per heavy atom. The summed E-state index contributed by atoms with van der Waals surface area (Å²) in [5.74, 6) is 0.145. The molecule has 1 aliphatic heterocycles. The van der Waals surface area contributed by atoms with Crippen LogP contribution in [0.2, 0.25) is 0 Å². The van der Waals surface area contributed by atoms with Crippen LogP contribution in [0.3, 0.4) is 0 Å². The lowest BCUT2D eigenvalue weighted by atomic mass is 10.0. The maximum Gasteiger partial charge on any atom is 0.220 e. The van der Waals surface area contributed by atoms with Gasteiger partial charge in [-0.25, -0.2) is 0 Å². The number of aryl methyl sites for hydroxylation is 1. The van der Waals surface area contributed by atoms with Gasteiger partial charge in [0.2, 0.25) is 5.91 Å². The number of benzene rings is 2. The number of nitrogens with one attached hydrogen (secondary N) is 3. The number of carbonyl (C=O) groups is 1. The van der Waals surface area contributed by atoms with Gasteiger partial charge in [-0.15, -0.1) is 0 Å². The van der Waals surface area contributed by atoms with Crippen molar-refractivity contribution in [1.29, 1.82) is 0 Å². The van der Waals surface area contributed by atoms with Crippen molar-refractivity contribution in [2.75, 3.05) is 17.7 Å². The third-order valence-corrected chi connectivity index (χ3v) is 4.30. The summed E-state index contributed by atoms with van der Waals surface area (Å²) in [6.45, 7) is 2.87. The van der Waals surface area contributed by atoms with Gasteiger partial charge in [-0.2, -0.15) is 0 Å². The average Bonchev–Trinajstić information content (AvgIpc) is 3.00. The molecule has 120 valence electrons. The largest absolute Gasteiger partial charge is 0.388 e. The number of carbonyl (C=O) groups excluding carboxylic acids is 1. The van der Waals surface area contributed by atoms with Gasteiger partial charge in [0.25, 0.3) is 0 Å². The lowest BCUT2D eigenvalue weighted by Gasteiger charge is -2.15. The summed E-state index contributed by atoms with van der Waals surface area (Å²) in [4.78, 5) is 11.4. The number of hydrogen-bond acceptors (Lipinski definition) is 3. The van der Waals surface area contributed by atoms with Crippen LogP contribution in [0.4, 0.5) is 11.4 Å². The van der Waals surface area contributed by atoms with Crippen LogP contribution in [0.25, 0.3) is 0 Å². The summed E-state index contributed by atoms with van der Waals surface area (Å²) in [5.41, 5.74) is 5.88. The fourth-order valence-electron chi connectivity index (χ4n) is 3.04. The summed E-state index contributed by atoms with van der Waals surface area (Å²) in [6, 6.07) is 14.9. The highest BCUT2D eigenvalue weighted by Crippen LogP contribution is 2.26. The average molecular weight is 309 g/mol. The summed E-state index contributed by atoms with van der Waals surface area (Å²) < 4.78 is 0. The third kappa shape index (κ3) is 3.65. The molecule has 2 aromatic rings. The fourth-order valence-corrected chi connectivity index (χ4v) is 3.04. The molecule has 0 bridgehead atoms. The molecule has 0 spiro atoms. The van der Waals surface area contributed by atoms with Crippen molar-refractivity contribution in [3.8, 4) is 0 Å². The number of anilines is 2. The summed E-state index contributed by atoms with van der Waals surface area (Å²) >= 11 is 0. The molecule has 23 heavy (non-hydrogen) atoms. The van der Waals surface area contributed by atoms with Crippen LogP contribution in [0.1, 0.15) is 35.6 Å². The highest BCUT2D eigenvalue weighted by molar-refractivity contribution is 5.78. The number of rotatable bonds is 5. The Morgan fingerprint density at radius 3 is 2.83 bits per heavy atom. The van der Waals surface area contributed by atoms with Crippen molar-refractivity contribution in [2.45, 2.75) is 32.4 Å². The molecule has 1 atom stereocenters. The fraction of sp³-hybridized carbons (Fsp3) is 0.316. The highest BCUT2D eigenvalue weighted by Gasteiger charge is 2.22. The first-order chi connectivity index (χ1) is 11.2. The minimum atomic E-state index is 0.145. The second-order valence-electron chi connectivity index (χ2n) is 6.05. The monoisotopic (exact) mass is 309 g/mol. The maximum absolute atomic E-state index is 11.4. The van der Waals surface area contributed by atoms with E-state index in [1.807, 2.05) is 13.1 Å². The molecule has 0 aromatic heterocycles. The van der Waals surface area contributed by atoms with E-state index in [0.717, 1.165) is 24.3 Å². The van der Waals surface area contributed by atoms with Crippen molar-refractivity contribution < 1.29 is 4.79 Å². The van der Waals surface area contributed by atoms with Gasteiger partial charge in [0.05, 0.1) is 6.04 Å². The van der Waals surface area contributed by atoms with Crippen molar-refractivity contribution in [2.24, 2.45) is 0 Å². The Bertz CT molecular complexity index is 712. The molecule has 1 heterocycles. The van der Waals surface area contributed by atoms with Gasteiger partial charge in [-0.1, -0.05) is 29.8 Å². The van der Waals surface area contributed by atoms with Crippen molar-refractivity contribution in [1.82, 2.24) is 5.32 Å². The molecule has 4 nitrogen and oxygen atoms in total. The van der Waals surface area contributed by atoms with E-state index in [0.29, 0.717) is 6.42 Å². The van der Waals surface area contributed by atoms with E-state index in [2.05, 4.69) is 59.3 Å². The lowest BCUT2D eigenvalue weighted by molar-refractivity contribution is -0.119. The molecule has 1 saturated heterocycles. The number of amides is 1. The van der Waals surface area contributed by atoms with Crippen LogP contribution in [0.5, 0.6) is 0 Å². The Labute approximate surface area is 137 Å². The summed E-state index contributed by atoms with van der Waals surface area (Å²) in [6.07, 6.45) is 1.50. The molecule has 1 aliphatic rings. The second-order valence-corrected chi connectivity index (χ2v) is 6.05. The van der Waals surface area contributed by atoms with E-state index in [-0.39, 0.29) is 11.9 Å². The predicted octanol–water partition coefficient (Wildman–Crippen LogP) is 3.60. The molecule has 1 amide bonds. The molecule has 2 aromatic carbocycles. The second kappa shape index (κ2) is 6.73. The lowest BCUT2D eigenvalue weighted by Crippen LogP contribution is -2.18. The predicted molar refractivity (Wildman–Crippen MR) is 94.6 cm³/mol. The third-order valence-electron chi connectivity index (χ3n) is 4.30. The molecule has 0 saturated carbocycles. The van der Waals surface area contributed by atoms with Gasteiger partial charge in [-0.05, 0) is 42.7 Å². The van der Waals surface area contributed by atoms with Crippen molar-refractivity contribution in [3.05, 3.63) is 59.2 Å². The molecule has 4 heteroatoms. The minimum Gasteiger partial charge on any atom is -0.388 e. The molecule has 1 fully saturated rings. The van der Waals surface area contributed by atoms with E-state index < -0.39 is 0 Å². The standard InChI is InChI=1S/C19H23N3O/c1-13-6-7-17(20-2)15(10-13)12-21-16-5-3-4-14(11-16)18-8-9-19(23)22-18/h3-7,10-11,18,20-21H,8-9,12H2,1-2H3,(H,22,23). The van der Waals surface area contributed by atoms with E-state index in [1.54, 1.807) is 0 Å². The molecule has 0 aliphatic carbocycles. The summed E-state index contributed by atoms with van der Waals surface area (Å²) in [7, 11) is 1.94. The Hall–Kier alpha value is -2.49. The van der Waals surface area contributed by atoms with Crippen molar-refractivity contribution >= 4 is 17.3 Å².